The van der Waals surface area contributed by atoms with Crippen LogP contribution in [0.3, 0.4) is 0 Å². The van der Waals surface area contributed by atoms with E-state index < -0.39 is 0 Å². The van der Waals surface area contributed by atoms with E-state index in [4.69, 9.17) is 4.74 Å². The fourth-order valence-electron chi connectivity index (χ4n) is 2.69. The van der Waals surface area contributed by atoms with Gasteiger partial charge in [0.2, 0.25) is 5.91 Å². The Balaban J connectivity index is 1.56. The highest BCUT2D eigenvalue weighted by atomic mass is 32.1. The molecule has 22 heavy (non-hydrogen) atoms. The summed E-state index contributed by atoms with van der Waals surface area (Å²) >= 11 is 1.60. The van der Waals surface area contributed by atoms with E-state index >= 15 is 0 Å². The highest BCUT2D eigenvalue weighted by Crippen LogP contribution is 2.23. The fraction of sp³-hybridized carbons (Fsp3) is 0.353. The van der Waals surface area contributed by atoms with Crippen LogP contribution >= 0.6 is 11.3 Å². The molecule has 2 aromatic rings. The average Bonchev–Trinajstić information content (AvgIpc) is 3.19. The first-order valence-corrected chi connectivity index (χ1v) is 8.32. The summed E-state index contributed by atoms with van der Waals surface area (Å²) in [6, 6.07) is 12.0. The molecule has 0 spiro atoms. The third kappa shape index (κ3) is 3.67. The maximum Gasteiger partial charge on any atom is 0.229 e. The van der Waals surface area contributed by atoms with Crippen LogP contribution in [0.5, 0.6) is 0 Å². The number of hydrogen-bond acceptors (Lipinski definition) is 4. The average molecular weight is 316 g/mol. The first-order chi connectivity index (χ1) is 10.7. The third-order valence-corrected chi connectivity index (χ3v) is 4.79. The van der Waals surface area contributed by atoms with Gasteiger partial charge in [-0.15, -0.1) is 11.3 Å². The molecule has 1 aromatic heterocycles. The van der Waals surface area contributed by atoms with Crippen molar-refractivity contribution in [3.8, 4) is 0 Å². The van der Waals surface area contributed by atoms with Crippen LogP contribution in [-0.2, 0) is 16.0 Å². The van der Waals surface area contributed by atoms with Crippen LogP contribution in [0, 0.1) is 0 Å². The van der Waals surface area contributed by atoms with Gasteiger partial charge in [-0.25, -0.2) is 0 Å². The lowest BCUT2D eigenvalue weighted by Gasteiger charge is -2.18. The lowest BCUT2D eigenvalue weighted by molar-refractivity contribution is -0.115. The summed E-state index contributed by atoms with van der Waals surface area (Å²) in [6.45, 7) is 1.95. The van der Waals surface area contributed by atoms with Crippen molar-refractivity contribution in [3.05, 3.63) is 46.7 Å². The Morgan fingerprint density at radius 2 is 2.18 bits per heavy atom. The lowest BCUT2D eigenvalue weighted by Crippen LogP contribution is -2.22. The molecular formula is C17H20N2O2S. The van der Waals surface area contributed by atoms with Crippen LogP contribution in [0.4, 0.5) is 11.4 Å². The molecule has 0 saturated carbocycles. The van der Waals surface area contributed by atoms with Crippen molar-refractivity contribution < 1.29 is 9.53 Å². The lowest BCUT2D eigenvalue weighted by atomic mass is 10.2. The zero-order valence-electron chi connectivity index (χ0n) is 12.6. The first kappa shape index (κ1) is 15.1. The Morgan fingerprint density at radius 1 is 1.36 bits per heavy atom. The molecule has 5 heteroatoms. The van der Waals surface area contributed by atoms with Gasteiger partial charge >= 0.3 is 0 Å². The molecule has 1 N–H and O–H groups in total. The molecule has 1 fully saturated rings. The molecule has 1 saturated heterocycles. The minimum atomic E-state index is 0.0239. The van der Waals surface area contributed by atoms with Crippen LogP contribution in [0.15, 0.2) is 41.8 Å². The smallest absolute Gasteiger partial charge is 0.229 e. The summed E-state index contributed by atoms with van der Waals surface area (Å²) < 4.78 is 5.39. The summed E-state index contributed by atoms with van der Waals surface area (Å²) in [5.41, 5.74) is 2.02. The van der Waals surface area contributed by atoms with E-state index in [2.05, 4.69) is 22.3 Å². The van der Waals surface area contributed by atoms with Crippen LogP contribution in [0.25, 0.3) is 0 Å². The van der Waals surface area contributed by atoms with Gasteiger partial charge < -0.3 is 15.0 Å². The number of anilines is 2. The number of thiophene rings is 1. The summed E-state index contributed by atoms with van der Waals surface area (Å²) in [7, 11) is 1.76. The number of ether oxygens (including phenoxy) is 1. The zero-order valence-corrected chi connectivity index (χ0v) is 13.4. The van der Waals surface area contributed by atoms with E-state index in [0.717, 1.165) is 30.1 Å². The van der Waals surface area contributed by atoms with Gasteiger partial charge in [0.1, 0.15) is 0 Å². The van der Waals surface area contributed by atoms with Gasteiger partial charge in [0, 0.05) is 36.5 Å². The molecule has 2 heterocycles. The second-order valence-corrected chi connectivity index (χ2v) is 6.48. The van der Waals surface area contributed by atoms with Crippen molar-refractivity contribution in [2.75, 3.05) is 30.4 Å². The predicted molar refractivity (Wildman–Crippen MR) is 90.7 cm³/mol. The topological polar surface area (TPSA) is 41.6 Å². The molecule has 0 radical (unpaired) electrons. The number of carbonyl (C=O) groups is 1. The maximum absolute atomic E-state index is 12.0. The second-order valence-electron chi connectivity index (χ2n) is 5.44. The van der Waals surface area contributed by atoms with Crippen LogP contribution in [0.2, 0.25) is 0 Å². The minimum Gasteiger partial charge on any atom is -0.380 e. The number of carbonyl (C=O) groups excluding carboxylic acids is 1. The number of nitrogens with zero attached hydrogens (tertiary/aromatic N) is 1. The molecule has 116 valence electrons. The predicted octanol–water partition coefficient (Wildman–Crippen LogP) is 3.15. The van der Waals surface area contributed by atoms with E-state index in [-0.39, 0.29) is 5.91 Å². The Bertz CT molecular complexity index is 610. The minimum absolute atomic E-state index is 0.0239. The monoisotopic (exact) mass is 316 g/mol. The molecule has 0 bridgehead atoms. The number of hydrogen-bond donors (Lipinski definition) is 1. The van der Waals surface area contributed by atoms with Crippen molar-refractivity contribution in [2.24, 2.45) is 0 Å². The largest absolute Gasteiger partial charge is 0.380 e. The van der Waals surface area contributed by atoms with Crippen LogP contribution < -0.4 is 10.2 Å². The second kappa shape index (κ2) is 6.94. The Labute approximate surface area is 134 Å². The van der Waals surface area contributed by atoms with E-state index in [1.807, 2.05) is 29.6 Å². The number of amides is 1. The van der Waals surface area contributed by atoms with E-state index in [9.17, 15) is 4.79 Å². The normalized spacial score (nSPS) is 17.7. The number of rotatable bonds is 5. The van der Waals surface area contributed by atoms with Gasteiger partial charge in [-0.05, 0) is 42.1 Å². The molecule has 0 aliphatic carbocycles. The van der Waals surface area contributed by atoms with Crippen molar-refractivity contribution in [1.82, 2.24) is 0 Å². The van der Waals surface area contributed by atoms with Gasteiger partial charge in [0.15, 0.2) is 0 Å². The molecular weight excluding hydrogens is 296 g/mol. The standard InChI is InChI=1S/C17H20N2O2S/c1-21-15-8-9-19(12-15)14-6-4-13(5-7-14)18-17(20)11-16-3-2-10-22-16/h2-7,10,15H,8-9,11-12H2,1H3,(H,18,20). The van der Waals surface area contributed by atoms with Crippen LogP contribution in [0.1, 0.15) is 11.3 Å². The van der Waals surface area contributed by atoms with Gasteiger partial charge in [0.05, 0.1) is 12.5 Å². The molecule has 1 atom stereocenters. The van der Waals surface area contributed by atoms with E-state index in [1.54, 1.807) is 18.4 Å². The molecule has 1 aliphatic heterocycles. The van der Waals surface area contributed by atoms with Crippen molar-refractivity contribution in [2.45, 2.75) is 18.9 Å². The Kier molecular flexibility index (Phi) is 4.75. The molecule has 1 amide bonds. The van der Waals surface area contributed by atoms with Gasteiger partial charge in [-0.2, -0.15) is 0 Å². The number of methoxy groups -OCH3 is 1. The Morgan fingerprint density at radius 3 is 2.82 bits per heavy atom. The van der Waals surface area contributed by atoms with E-state index in [1.165, 1.54) is 5.69 Å². The highest BCUT2D eigenvalue weighted by Gasteiger charge is 2.22. The maximum atomic E-state index is 12.0. The quantitative estimate of drug-likeness (QED) is 0.921. The third-order valence-electron chi connectivity index (χ3n) is 3.91. The Hall–Kier alpha value is -1.85. The number of benzene rings is 1. The fourth-order valence-corrected chi connectivity index (χ4v) is 3.39. The van der Waals surface area contributed by atoms with Crippen molar-refractivity contribution >= 4 is 28.6 Å². The van der Waals surface area contributed by atoms with Crippen LogP contribution in [-0.4, -0.2) is 32.2 Å². The summed E-state index contributed by atoms with van der Waals surface area (Å²) in [5.74, 6) is 0.0239. The van der Waals surface area contributed by atoms with Gasteiger partial charge in [-0.3, -0.25) is 4.79 Å². The highest BCUT2D eigenvalue weighted by molar-refractivity contribution is 7.10. The summed E-state index contributed by atoms with van der Waals surface area (Å²) in [6.07, 6.45) is 1.82. The molecule has 1 aromatic carbocycles. The van der Waals surface area contributed by atoms with Gasteiger partial charge in [-0.1, -0.05) is 6.07 Å². The zero-order chi connectivity index (χ0) is 15.4. The van der Waals surface area contributed by atoms with Crippen molar-refractivity contribution in [3.63, 3.8) is 0 Å². The molecule has 3 rings (SSSR count). The molecule has 1 aliphatic rings. The SMILES string of the molecule is COC1CCN(c2ccc(NC(=O)Cc3cccs3)cc2)C1. The van der Waals surface area contributed by atoms with Crippen molar-refractivity contribution in [1.29, 1.82) is 0 Å². The van der Waals surface area contributed by atoms with Gasteiger partial charge in [0.25, 0.3) is 0 Å². The van der Waals surface area contributed by atoms with E-state index in [0.29, 0.717) is 12.5 Å². The molecule has 1 unspecified atom stereocenters. The summed E-state index contributed by atoms with van der Waals surface area (Å²) in [5, 5.41) is 4.93. The number of nitrogens with one attached hydrogen (secondary N) is 1. The first-order valence-electron chi connectivity index (χ1n) is 7.44. The molecule has 4 nitrogen and oxygen atoms in total. The summed E-state index contributed by atoms with van der Waals surface area (Å²) in [4.78, 5) is 15.4.